The van der Waals surface area contributed by atoms with E-state index in [2.05, 4.69) is 5.32 Å². The van der Waals surface area contributed by atoms with Crippen LogP contribution in [0.15, 0.2) is 0 Å². The second-order valence-electron chi connectivity index (χ2n) is 5.71. The van der Waals surface area contributed by atoms with Crippen molar-refractivity contribution in [2.24, 2.45) is 5.92 Å². The van der Waals surface area contributed by atoms with Crippen LogP contribution in [0.1, 0.15) is 52.4 Å². The number of hydrogen-bond acceptors (Lipinski definition) is 4. The smallest absolute Gasteiger partial charge is 0.329 e. The fourth-order valence-electron chi connectivity index (χ4n) is 3.07. The largest absolute Gasteiger partial charge is 0.465 e. The molecule has 0 heterocycles. The molecule has 2 rings (SSSR count). The van der Waals surface area contributed by atoms with Gasteiger partial charge < -0.3 is 9.47 Å². The highest BCUT2D eigenvalue weighted by Gasteiger charge is 2.52. The molecule has 110 valence electrons. The normalized spacial score (nSPS) is 23.3. The molecule has 0 bridgehead atoms. The molecule has 1 N–H and O–H groups in total. The molecule has 0 aliphatic heterocycles. The first-order chi connectivity index (χ1) is 9.23. The lowest BCUT2D eigenvalue weighted by atomic mass is 9.94. The van der Waals surface area contributed by atoms with Crippen molar-refractivity contribution in [1.29, 1.82) is 0 Å². The van der Waals surface area contributed by atoms with Gasteiger partial charge in [-0.3, -0.25) is 5.32 Å². The Morgan fingerprint density at radius 1 is 1.21 bits per heavy atom. The molecule has 0 radical (unpaired) electrons. The molecule has 2 aliphatic carbocycles. The molecular formula is C15H27NO3. The van der Waals surface area contributed by atoms with E-state index in [-0.39, 0.29) is 5.97 Å². The van der Waals surface area contributed by atoms with Gasteiger partial charge in [-0.05, 0) is 45.1 Å². The Balaban J connectivity index is 2.00. The van der Waals surface area contributed by atoms with E-state index in [1.165, 1.54) is 12.8 Å². The lowest BCUT2D eigenvalue weighted by Gasteiger charge is -2.33. The van der Waals surface area contributed by atoms with Crippen LogP contribution in [0.3, 0.4) is 0 Å². The number of carbonyl (C=O) groups is 1. The second-order valence-corrected chi connectivity index (χ2v) is 5.71. The maximum absolute atomic E-state index is 12.4. The van der Waals surface area contributed by atoms with E-state index in [0.717, 1.165) is 32.2 Å². The zero-order valence-corrected chi connectivity index (χ0v) is 12.2. The van der Waals surface area contributed by atoms with Crippen LogP contribution >= 0.6 is 0 Å². The van der Waals surface area contributed by atoms with Gasteiger partial charge in [-0.2, -0.15) is 0 Å². The minimum atomic E-state index is -0.604. The van der Waals surface area contributed by atoms with Gasteiger partial charge in [-0.15, -0.1) is 0 Å². The summed E-state index contributed by atoms with van der Waals surface area (Å²) in [6.45, 7) is 5.56. The fraction of sp³-hybridized carbons (Fsp3) is 0.933. The van der Waals surface area contributed by atoms with E-state index in [0.29, 0.717) is 25.2 Å². The van der Waals surface area contributed by atoms with Gasteiger partial charge in [0, 0.05) is 0 Å². The fourth-order valence-corrected chi connectivity index (χ4v) is 3.07. The highest BCUT2D eigenvalue weighted by Crippen LogP contribution is 2.41. The van der Waals surface area contributed by atoms with Gasteiger partial charge >= 0.3 is 5.97 Å². The van der Waals surface area contributed by atoms with Crippen molar-refractivity contribution in [3.8, 4) is 0 Å². The number of nitrogens with one attached hydrogen (secondary N) is 1. The monoisotopic (exact) mass is 269 g/mol. The molecule has 0 aromatic heterocycles. The van der Waals surface area contributed by atoms with Gasteiger partial charge in [0.15, 0.2) is 0 Å². The molecule has 2 fully saturated rings. The van der Waals surface area contributed by atoms with Crippen LogP contribution in [0.2, 0.25) is 0 Å². The lowest BCUT2D eigenvalue weighted by molar-refractivity contribution is -0.156. The van der Waals surface area contributed by atoms with Gasteiger partial charge in [-0.25, -0.2) is 4.79 Å². The number of ether oxygens (including phenoxy) is 2. The topological polar surface area (TPSA) is 47.6 Å². The third kappa shape index (κ3) is 3.48. The Morgan fingerprint density at radius 3 is 2.42 bits per heavy atom. The van der Waals surface area contributed by atoms with Crippen LogP contribution in [0.5, 0.6) is 0 Å². The van der Waals surface area contributed by atoms with Crippen LogP contribution < -0.4 is 5.32 Å². The summed E-state index contributed by atoms with van der Waals surface area (Å²) >= 11 is 0. The third-order valence-corrected chi connectivity index (χ3v) is 4.26. The van der Waals surface area contributed by atoms with Crippen molar-refractivity contribution in [2.45, 2.75) is 64.0 Å². The van der Waals surface area contributed by atoms with Crippen LogP contribution in [-0.4, -0.2) is 37.4 Å². The summed E-state index contributed by atoms with van der Waals surface area (Å²) < 4.78 is 11.3. The van der Waals surface area contributed by atoms with Gasteiger partial charge in [-0.1, -0.05) is 19.8 Å². The molecule has 2 saturated carbocycles. The Morgan fingerprint density at radius 2 is 1.89 bits per heavy atom. The first-order valence-corrected chi connectivity index (χ1v) is 7.76. The van der Waals surface area contributed by atoms with Crippen molar-refractivity contribution in [3.63, 3.8) is 0 Å². The molecule has 4 heteroatoms. The predicted octanol–water partition coefficient (Wildman–Crippen LogP) is 2.27. The van der Waals surface area contributed by atoms with Crippen molar-refractivity contribution in [2.75, 3.05) is 19.8 Å². The summed E-state index contributed by atoms with van der Waals surface area (Å²) in [6.07, 6.45) is 7.31. The Labute approximate surface area is 116 Å². The molecule has 2 aliphatic rings. The van der Waals surface area contributed by atoms with Gasteiger partial charge in [0.1, 0.15) is 5.54 Å². The average molecular weight is 269 g/mol. The summed E-state index contributed by atoms with van der Waals surface area (Å²) in [4.78, 5) is 12.4. The molecule has 0 amide bonds. The first-order valence-electron chi connectivity index (χ1n) is 7.76. The summed E-state index contributed by atoms with van der Waals surface area (Å²) in [6, 6.07) is 0. The summed E-state index contributed by atoms with van der Waals surface area (Å²) in [5.74, 6) is 0.255. The summed E-state index contributed by atoms with van der Waals surface area (Å²) in [5.41, 5.74) is -0.604. The van der Waals surface area contributed by atoms with Gasteiger partial charge in [0.25, 0.3) is 0 Å². The van der Waals surface area contributed by atoms with Crippen molar-refractivity contribution >= 4 is 5.97 Å². The summed E-state index contributed by atoms with van der Waals surface area (Å²) in [7, 11) is 0. The van der Waals surface area contributed by atoms with Crippen LogP contribution in [-0.2, 0) is 14.3 Å². The number of carbonyl (C=O) groups excluding carboxylic acids is 1. The molecule has 4 nitrogen and oxygen atoms in total. The number of hydrogen-bond donors (Lipinski definition) is 1. The van der Waals surface area contributed by atoms with Crippen LogP contribution in [0.25, 0.3) is 0 Å². The molecule has 0 spiro atoms. The molecule has 0 aromatic carbocycles. The standard InChI is InChI=1S/C15H27NO3/c1-3-16-15(12-9-10-12,14(17)18-4-2)11-19-13-7-5-6-8-13/h12-13,16H,3-11H2,1-2H3. The average Bonchev–Trinajstić information content (AvgIpc) is 3.12. The molecule has 19 heavy (non-hydrogen) atoms. The van der Waals surface area contributed by atoms with E-state index in [1.807, 2.05) is 13.8 Å². The molecule has 1 atom stereocenters. The predicted molar refractivity (Wildman–Crippen MR) is 74.0 cm³/mol. The van der Waals surface area contributed by atoms with Crippen molar-refractivity contribution in [1.82, 2.24) is 5.32 Å². The lowest BCUT2D eigenvalue weighted by Crippen LogP contribution is -2.58. The van der Waals surface area contributed by atoms with Crippen molar-refractivity contribution < 1.29 is 14.3 Å². The minimum absolute atomic E-state index is 0.127. The van der Waals surface area contributed by atoms with Crippen molar-refractivity contribution in [3.05, 3.63) is 0 Å². The minimum Gasteiger partial charge on any atom is -0.465 e. The zero-order valence-electron chi connectivity index (χ0n) is 12.2. The SMILES string of the molecule is CCNC(COC1CCCC1)(C(=O)OCC)C1CC1. The van der Waals surface area contributed by atoms with E-state index in [1.54, 1.807) is 0 Å². The van der Waals surface area contributed by atoms with E-state index < -0.39 is 5.54 Å². The van der Waals surface area contributed by atoms with Crippen LogP contribution in [0, 0.1) is 5.92 Å². The maximum Gasteiger partial charge on any atom is 0.329 e. The van der Waals surface area contributed by atoms with Gasteiger partial charge in [0.2, 0.25) is 0 Å². The molecule has 1 unspecified atom stereocenters. The second kappa shape index (κ2) is 6.71. The Kier molecular flexibility index (Phi) is 5.22. The Hall–Kier alpha value is -0.610. The maximum atomic E-state index is 12.4. The molecule has 0 aromatic rings. The van der Waals surface area contributed by atoms with E-state index in [9.17, 15) is 4.79 Å². The number of likely N-dealkylation sites (N-methyl/N-ethyl adjacent to an activating group) is 1. The summed E-state index contributed by atoms with van der Waals surface area (Å²) in [5, 5.41) is 3.37. The number of esters is 1. The van der Waals surface area contributed by atoms with E-state index in [4.69, 9.17) is 9.47 Å². The molecule has 0 saturated heterocycles. The third-order valence-electron chi connectivity index (χ3n) is 4.26. The quantitative estimate of drug-likeness (QED) is 0.687. The molecular weight excluding hydrogens is 242 g/mol. The Bertz CT molecular complexity index is 298. The number of rotatable bonds is 8. The zero-order chi connectivity index (χ0) is 13.7. The highest BCUT2D eigenvalue weighted by molar-refractivity contribution is 5.82. The van der Waals surface area contributed by atoms with Gasteiger partial charge in [0.05, 0.1) is 19.3 Å². The first kappa shape index (κ1) is 14.8. The van der Waals surface area contributed by atoms with Crippen LogP contribution in [0.4, 0.5) is 0 Å². The van der Waals surface area contributed by atoms with E-state index >= 15 is 0 Å². The highest BCUT2D eigenvalue weighted by atomic mass is 16.5.